The first kappa shape index (κ1) is 13.8. The van der Waals surface area contributed by atoms with Crippen molar-refractivity contribution < 1.29 is 14.3 Å². The number of carbonyl (C=O) groups is 1. The molecule has 1 aliphatic rings. The monoisotopic (exact) mass is 304 g/mol. The van der Waals surface area contributed by atoms with E-state index in [9.17, 15) is 4.79 Å². The molecule has 0 heterocycles. The van der Waals surface area contributed by atoms with Crippen LogP contribution in [0.1, 0.15) is 21.5 Å². The smallest absolute Gasteiger partial charge is 0.194 e. The Kier molecular flexibility index (Phi) is 2.91. The Morgan fingerprint density at radius 3 is 1.96 bits per heavy atom. The molecule has 0 aromatic heterocycles. The average Bonchev–Trinajstić information content (AvgIpc) is 2.83. The fraction of sp³-hybridized carbons (Fsp3) is 0.150. The van der Waals surface area contributed by atoms with Crippen LogP contribution in [0.25, 0.3) is 21.9 Å². The molecule has 0 aliphatic heterocycles. The Bertz CT molecular complexity index is 970. The molecule has 0 amide bonds. The number of ether oxygens (including phenoxy) is 2. The van der Waals surface area contributed by atoms with Crippen LogP contribution in [-0.4, -0.2) is 20.0 Å². The van der Waals surface area contributed by atoms with Crippen LogP contribution in [-0.2, 0) is 0 Å². The summed E-state index contributed by atoms with van der Waals surface area (Å²) in [5.41, 5.74) is 4.47. The number of aryl methyl sites for hydroxylation is 1. The summed E-state index contributed by atoms with van der Waals surface area (Å²) in [5, 5.41) is 2.22. The van der Waals surface area contributed by atoms with Gasteiger partial charge in [0, 0.05) is 11.1 Å². The Balaban J connectivity index is 2.02. The van der Waals surface area contributed by atoms with Gasteiger partial charge in [0.15, 0.2) is 17.3 Å². The van der Waals surface area contributed by atoms with Crippen LogP contribution >= 0.6 is 0 Å². The molecule has 3 aromatic rings. The van der Waals surface area contributed by atoms with Crippen molar-refractivity contribution in [3.63, 3.8) is 0 Å². The van der Waals surface area contributed by atoms with Crippen molar-refractivity contribution in [2.45, 2.75) is 6.92 Å². The van der Waals surface area contributed by atoms with Gasteiger partial charge in [-0.1, -0.05) is 23.8 Å². The van der Waals surface area contributed by atoms with Crippen molar-refractivity contribution in [3.05, 3.63) is 59.2 Å². The van der Waals surface area contributed by atoms with Crippen molar-refractivity contribution in [1.82, 2.24) is 0 Å². The number of ketones is 1. The molecule has 3 nitrogen and oxygen atoms in total. The topological polar surface area (TPSA) is 35.5 Å². The maximum Gasteiger partial charge on any atom is 0.194 e. The molecule has 0 saturated heterocycles. The van der Waals surface area contributed by atoms with E-state index in [2.05, 4.69) is 31.2 Å². The molecule has 0 fully saturated rings. The average molecular weight is 304 g/mol. The first-order valence-corrected chi connectivity index (χ1v) is 7.48. The lowest BCUT2D eigenvalue weighted by atomic mass is 9.99. The first-order chi connectivity index (χ1) is 11.1. The second-order valence-corrected chi connectivity index (χ2v) is 5.83. The molecule has 0 saturated carbocycles. The second-order valence-electron chi connectivity index (χ2n) is 5.83. The molecular formula is C20H16O3. The predicted molar refractivity (Wildman–Crippen MR) is 90.7 cm³/mol. The highest BCUT2D eigenvalue weighted by atomic mass is 16.5. The number of fused-ring (bicyclic) bond motifs is 4. The van der Waals surface area contributed by atoms with Crippen LogP contribution in [0.15, 0.2) is 42.5 Å². The third-order valence-corrected chi connectivity index (χ3v) is 4.44. The van der Waals surface area contributed by atoms with Crippen molar-refractivity contribution >= 4 is 16.6 Å². The molecule has 0 N–H and O–H groups in total. The Morgan fingerprint density at radius 1 is 0.696 bits per heavy atom. The van der Waals surface area contributed by atoms with Gasteiger partial charge in [0.2, 0.25) is 0 Å². The van der Waals surface area contributed by atoms with E-state index in [1.807, 2.05) is 12.1 Å². The van der Waals surface area contributed by atoms with Crippen molar-refractivity contribution in [1.29, 1.82) is 0 Å². The molecule has 0 spiro atoms. The minimum Gasteiger partial charge on any atom is -0.493 e. The van der Waals surface area contributed by atoms with Gasteiger partial charge in [-0.3, -0.25) is 4.79 Å². The van der Waals surface area contributed by atoms with Crippen molar-refractivity contribution in [3.8, 4) is 22.6 Å². The number of benzene rings is 3. The van der Waals surface area contributed by atoms with Crippen molar-refractivity contribution in [2.24, 2.45) is 0 Å². The summed E-state index contributed by atoms with van der Waals surface area (Å²) in [5.74, 6) is 1.25. The van der Waals surface area contributed by atoms with Crippen LogP contribution in [0, 0.1) is 6.92 Å². The van der Waals surface area contributed by atoms with E-state index in [0.29, 0.717) is 17.1 Å². The summed E-state index contributed by atoms with van der Waals surface area (Å²) >= 11 is 0. The van der Waals surface area contributed by atoms with Crippen LogP contribution in [0.2, 0.25) is 0 Å². The fourth-order valence-electron chi connectivity index (χ4n) is 3.26. The van der Waals surface area contributed by atoms with Crippen LogP contribution in [0.3, 0.4) is 0 Å². The van der Waals surface area contributed by atoms with Gasteiger partial charge in [-0.25, -0.2) is 0 Å². The summed E-state index contributed by atoms with van der Waals surface area (Å²) in [6, 6.07) is 14.0. The lowest BCUT2D eigenvalue weighted by molar-refractivity contribution is 0.104. The molecule has 0 unspecified atom stereocenters. The number of hydrogen-bond acceptors (Lipinski definition) is 3. The molecule has 1 aliphatic carbocycles. The zero-order valence-electron chi connectivity index (χ0n) is 13.3. The zero-order valence-corrected chi connectivity index (χ0v) is 13.3. The Hall–Kier alpha value is -2.81. The van der Waals surface area contributed by atoms with Gasteiger partial charge in [-0.2, -0.15) is 0 Å². The highest BCUT2D eigenvalue weighted by Gasteiger charge is 2.29. The Morgan fingerprint density at radius 2 is 1.26 bits per heavy atom. The molecule has 0 radical (unpaired) electrons. The zero-order chi connectivity index (χ0) is 16.1. The van der Waals surface area contributed by atoms with Gasteiger partial charge in [0.25, 0.3) is 0 Å². The molecule has 0 bridgehead atoms. The SMILES string of the molecule is COc1cc2c(cc1OC)-c1cc3ccc(C)cc3cc1C2=O. The summed E-state index contributed by atoms with van der Waals surface area (Å²) in [4.78, 5) is 12.8. The maximum absolute atomic E-state index is 12.8. The lowest BCUT2D eigenvalue weighted by Gasteiger charge is -2.10. The summed E-state index contributed by atoms with van der Waals surface area (Å²) in [6.45, 7) is 2.05. The fourth-order valence-corrected chi connectivity index (χ4v) is 3.26. The van der Waals surface area contributed by atoms with Gasteiger partial charge in [-0.15, -0.1) is 0 Å². The number of methoxy groups -OCH3 is 2. The van der Waals surface area contributed by atoms with Gasteiger partial charge in [-0.05, 0) is 53.1 Å². The number of rotatable bonds is 2. The first-order valence-electron chi connectivity index (χ1n) is 7.48. The largest absolute Gasteiger partial charge is 0.493 e. The minimum absolute atomic E-state index is 0.0411. The molecular weight excluding hydrogens is 288 g/mol. The van der Waals surface area contributed by atoms with Gasteiger partial charge < -0.3 is 9.47 Å². The molecule has 4 rings (SSSR count). The number of hydrogen-bond donors (Lipinski definition) is 0. The normalized spacial score (nSPS) is 12.2. The van der Waals surface area contributed by atoms with Crippen LogP contribution in [0.4, 0.5) is 0 Å². The highest BCUT2D eigenvalue weighted by Crippen LogP contribution is 2.44. The minimum atomic E-state index is 0.0411. The van der Waals surface area contributed by atoms with Crippen LogP contribution < -0.4 is 9.47 Å². The summed E-state index contributed by atoms with van der Waals surface area (Å²) < 4.78 is 10.7. The Labute approximate surface area is 134 Å². The summed E-state index contributed by atoms with van der Waals surface area (Å²) in [7, 11) is 3.18. The lowest BCUT2D eigenvalue weighted by Crippen LogP contribution is -1.97. The van der Waals surface area contributed by atoms with Gasteiger partial charge in [0.1, 0.15) is 0 Å². The standard InChI is InChI=1S/C20H16O3/c1-11-4-5-12-7-14-15-9-18(22-2)19(23-3)10-17(15)20(21)16(14)8-13(12)6-11/h4-10H,1-3H3. The molecule has 23 heavy (non-hydrogen) atoms. The molecule has 3 aromatic carbocycles. The molecule has 0 atom stereocenters. The van der Waals surface area contributed by atoms with E-state index in [1.165, 1.54) is 5.56 Å². The maximum atomic E-state index is 12.8. The highest BCUT2D eigenvalue weighted by molar-refractivity contribution is 6.23. The third kappa shape index (κ3) is 1.93. The van der Waals surface area contributed by atoms with E-state index in [1.54, 1.807) is 20.3 Å². The van der Waals surface area contributed by atoms with E-state index < -0.39 is 0 Å². The van der Waals surface area contributed by atoms with E-state index in [-0.39, 0.29) is 5.78 Å². The second kappa shape index (κ2) is 4.85. The van der Waals surface area contributed by atoms with Crippen molar-refractivity contribution in [2.75, 3.05) is 14.2 Å². The quantitative estimate of drug-likeness (QED) is 0.551. The van der Waals surface area contributed by atoms with E-state index >= 15 is 0 Å². The van der Waals surface area contributed by atoms with Gasteiger partial charge >= 0.3 is 0 Å². The predicted octanol–water partition coefficient (Wildman–Crippen LogP) is 4.38. The van der Waals surface area contributed by atoms with Gasteiger partial charge in [0.05, 0.1) is 14.2 Å². The molecule has 3 heteroatoms. The molecule has 114 valence electrons. The third-order valence-electron chi connectivity index (χ3n) is 4.44. The van der Waals surface area contributed by atoms with E-state index in [4.69, 9.17) is 9.47 Å². The number of carbonyl (C=O) groups excluding carboxylic acids is 1. The van der Waals surface area contributed by atoms with E-state index in [0.717, 1.165) is 27.5 Å². The summed E-state index contributed by atoms with van der Waals surface area (Å²) in [6.07, 6.45) is 0. The van der Waals surface area contributed by atoms with Crippen LogP contribution in [0.5, 0.6) is 11.5 Å².